The van der Waals surface area contributed by atoms with Crippen LogP contribution < -0.4 is 5.73 Å². The third-order valence-corrected chi connectivity index (χ3v) is 5.06. The Hall–Kier alpha value is -0.0800. The third-order valence-electron chi connectivity index (χ3n) is 5.06. The van der Waals surface area contributed by atoms with E-state index in [1.807, 2.05) is 0 Å². The van der Waals surface area contributed by atoms with E-state index in [2.05, 4.69) is 25.7 Å². The van der Waals surface area contributed by atoms with Crippen molar-refractivity contribution in [1.82, 2.24) is 4.90 Å². The molecule has 2 fully saturated rings. The van der Waals surface area contributed by atoms with Crippen LogP contribution in [0.5, 0.6) is 0 Å². The third kappa shape index (κ3) is 1.80. The Morgan fingerprint density at radius 2 is 2.00 bits per heavy atom. The van der Waals surface area contributed by atoms with Crippen molar-refractivity contribution in [1.29, 1.82) is 0 Å². The average molecular weight is 224 g/mol. The van der Waals surface area contributed by atoms with E-state index < -0.39 is 0 Å². The van der Waals surface area contributed by atoms with Crippen LogP contribution in [0.25, 0.3) is 0 Å². The van der Waals surface area contributed by atoms with Gasteiger partial charge < -0.3 is 5.73 Å². The van der Waals surface area contributed by atoms with Crippen molar-refractivity contribution in [2.75, 3.05) is 13.1 Å². The number of likely N-dealkylation sites (tertiary alicyclic amines) is 1. The van der Waals surface area contributed by atoms with E-state index in [0.717, 1.165) is 11.8 Å². The molecule has 4 unspecified atom stereocenters. The lowest BCUT2D eigenvalue weighted by Gasteiger charge is -2.50. The second kappa shape index (κ2) is 4.66. The minimum Gasteiger partial charge on any atom is -0.326 e. The molecule has 0 aromatic heterocycles. The van der Waals surface area contributed by atoms with E-state index in [0.29, 0.717) is 11.6 Å². The van der Waals surface area contributed by atoms with Crippen molar-refractivity contribution in [3.8, 4) is 0 Å². The predicted molar refractivity (Wildman–Crippen MR) is 69.4 cm³/mol. The molecule has 1 saturated carbocycles. The van der Waals surface area contributed by atoms with Crippen LogP contribution in [0.4, 0.5) is 0 Å². The normalized spacial score (nSPS) is 45.4. The molecule has 1 heterocycles. The van der Waals surface area contributed by atoms with Gasteiger partial charge in [-0.05, 0) is 44.1 Å². The topological polar surface area (TPSA) is 29.3 Å². The quantitative estimate of drug-likeness (QED) is 0.781. The smallest absolute Gasteiger partial charge is 0.0388 e. The van der Waals surface area contributed by atoms with Crippen molar-refractivity contribution < 1.29 is 0 Å². The van der Waals surface area contributed by atoms with Gasteiger partial charge in [-0.1, -0.05) is 27.2 Å². The van der Waals surface area contributed by atoms with E-state index in [1.54, 1.807) is 0 Å². The lowest BCUT2D eigenvalue weighted by atomic mass is 9.66. The molecular weight excluding hydrogens is 196 g/mol. The van der Waals surface area contributed by atoms with E-state index in [1.165, 1.54) is 45.2 Å². The first-order valence-electron chi connectivity index (χ1n) is 7.12. The summed E-state index contributed by atoms with van der Waals surface area (Å²) in [4.78, 5) is 2.72. The average Bonchev–Trinajstić information content (AvgIpc) is 2.54. The summed E-state index contributed by atoms with van der Waals surface area (Å²) in [6.45, 7) is 9.59. The van der Waals surface area contributed by atoms with Crippen LogP contribution >= 0.6 is 0 Å². The molecule has 94 valence electrons. The molecule has 1 aliphatic heterocycles. The SMILES string of the molecule is CCCN1CCC(N)C12CC(C)CCC2C. The maximum Gasteiger partial charge on any atom is 0.0388 e. The van der Waals surface area contributed by atoms with Gasteiger partial charge in [-0.3, -0.25) is 4.90 Å². The zero-order valence-corrected chi connectivity index (χ0v) is 11.2. The summed E-state index contributed by atoms with van der Waals surface area (Å²) in [5.41, 5.74) is 6.82. The van der Waals surface area contributed by atoms with Gasteiger partial charge in [-0.15, -0.1) is 0 Å². The van der Waals surface area contributed by atoms with Crippen LogP contribution in [0, 0.1) is 11.8 Å². The van der Waals surface area contributed by atoms with E-state index in [9.17, 15) is 0 Å². The number of hydrogen-bond donors (Lipinski definition) is 1. The summed E-state index contributed by atoms with van der Waals surface area (Å²) in [6, 6.07) is 0.414. The van der Waals surface area contributed by atoms with Crippen LogP contribution in [0.15, 0.2) is 0 Å². The molecule has 1 aliphatic carbocycles. The summed E-state index contributed by atoms with van der Waals surface area (Å²) in [6.07, 6.45) is 6.56. The van der Waals surface area contributed by atoms with Crippen LogP contribution in [0.1, 0.15) is 52.9 Å². The number of rotatable bonds is 2. The molecule has 0 aromatic carbocycles. The lowest BCUT2D eigenvalue weighted by molar-refractivity contribution is 0.0125. The Kier molecular flexibility index (Phi) is 3.60. The summed E-state index contributed by atoms with van der Waals surface area (Å²) in [5, 5.41) is 0. The Labute approximate surface area is 101 Å². The highest BCUT2D eigenvalue weighted by molar-refractivity contribution is 5.09. The highest BCUT2D eigenvalue weighted by atomic mass is 15.3. The minimum absolute atomic E-state index is 0.341. The Morgan fingerprint density at radius 3 is 2.69 bits per heavy atom. The highest BCUT2D eigenvalue weighted by Gasteiger charge is 2.52. The van der Waals surface area contributed by atoms with Gasteiger partial charge in [0.05, 0.1) is 0 Å². The van der Waals surface area contributed by atoms with Crippen LogP contribution in [0.3, 0.4) is 0 Å². The van der Waals surface area contributed by atoms with E-state index in [-0.39, 0.29) is 0 Å². The van der Waals surface area contributed by atoms with Crippen molar-refractivity contribution in [2.24, 2.45) is 17.6 Å². The summed E-state index contributed by atoms with van der Waals surface area (Å²) >= 11 is 0. The lowest BCUT2D eigenvalue weighted by Crippen LogP contribution is -2.60. The number of nitrogens with two attached hydrogens (primary N) is 1. The fraction of sp³-hybridized carbons (Fsp3) is 1.00. The molecular formula is C14H28N2. The van der Waals surface area contributed by atoms with Crippen LogP contribution in [-0.4, -0.2) is 29.6 Å². The van der Waals surface area contributed by atoms with Crippen LogP contribution in [0.2, 0.25) is 0 Å². The van der Waals surface area contributed by atoms with Gasteiger partial charge in [0.25, 0.3) is 0 Å². The predicted octanol–water partition coefficient (Wildman–Crippen LogP) is 2.62. The Balaban J connectivity index is 2.22. The summed E-state index contributed by atoms with van der Waals surface area (Å²) < 4.78 is 0. The molecule has 4 atom stereocenters. The van der Waals surface area contributed by atoms with Gasteiger partial charge in [0.2, 0.25) is 0 Å². The minimum atomic E-state index is 0.341. The second-order valence-corrected chi connectivity index (χ2v) is 6.16. The molecule has 1 spiro atoms. The summed E-state index contributed by atoms with van der Waals surface area (Å²) in [5.74, 6) is 1.65. The molecule has 2 rings (SSSR count). The fourth-order valence-electron chi connectivity index (χ4n) is 4.18. The van der Waals surface area contributed by atoms with Crippen molar-refractivity contribution >= 4 is 0 Å². The molecule has 16 heavy (non-hydrogen) atoms. The molecule has 0 radical (unpaired) electrons. The van der Waals surface area contributed by atoms with E-state index in [4.69, 9.17) is 5.73 Å². The molecule has 2 N–H and O–H groups in total. The van der Waals surface area contributed by atoms with Gasteiger partial charge in [-0.25, -0.2) is 0 Å². The number of nitrogens with zero attached hydrogens (tertiary/aromatic N) is 1. The molecule has 1 saturated heterocycles. The zero-order valence-electron chi connectivity index (χ0n) is 11.2. The number of hydrogen-bond acceptors (Lipinski definition) is 2. The van der Waals surface area contributed by atoms with Gasteiger partial charge >= 0.3 is 0 Å². The molecule has 0 bridgehead atoms. The first kappa shape index (κ1) is 12.4. The van der Waals surface area contributed by atoms with Gasteiger partial charge in [0.1, 0.15) is 0 Å². The van der Waals surface area contributed by atoms with Crippen LogP contribution in [-0.2, 0) is 0 Å². The summed E-state index contributed by atoms with van der Waals surface area (Å²) in [7, 11) is 0. The van der Waals surface area contributed by atoms with Crippen molar-refractivity contribution in [2.45, 2.75) is 64.5 Å². The zero-order chi connectivity index (χ0) is 11.8. The van der Waals surface area contributed by atoms with E-state index >= 15 is 0 Å². The molecule has 2 nitrogen and oxygen atoms in total. The molecule has 0 aromatic rings. The van der Waals surface area contributed by atoms with Crippen molar-refractivity contribution in [3.63, 3.8) is 0 Å². The van der Waals surface area contributed by atoms with Gasteiger partial charge in [0.15, 0.2) is 0 Å². The second-order valence-electron chi connectivity index (χ2n) is 6.16. The maximum absolute atomic E-state index is 6.48. The van der Waals surface area contributed by atoms with Gasteiger partial charge in [0, 0.05) is 18.1 Å². The fourth-order valence-corrected chi connectivity index (χ4v) is 4.18. The molecule has 2 heteroatoms. The molecule has 0 amide bonds. The maximum atomic E-state index is 6.48. The molecule has 2 aliphatic rings. The largest absolute Gasteiger partial charge is 0.326 e. The first-order chi connectivity index (χ1) is 7.61. The first-order valence-corrected chi connectivity index (χ1v) is 7.12. The Bertz CT molecular complexity index is 239. The van der Waals surface area contributed by atoms with Gasteiger partial charge in [-0.2, -0.15) is 0 Å². The standard InChI is InChI=1S/C14H28N2/c1-4-8-16-9-7-13(15)14(16)10-11(2)5-6-12(14)3/h11-13H,4-10,15H2,1-3H3. The van der Waals surface area contributed by atoms with Crippen molar-refractivity contribution in [3.05, 3.63) is 0 Å². The monoisotopic (exact) mass is 224 g/mol. The Morgan fingerprint density at radius 1 is 1.25 bits per heavy atom. The highest BCUT2D eigenvalue weighted by Crippen LogP contribution is 2.46.